The van der Waals surface area contributed by atoms with Crippen molar-refractivity contribution in [2.45, 2.75) is 13.1 Å². The molecule has 0 N–H and O–H groups in total. The van der Waals surface area contributed by atoms with Gasteiger partial charge in [-0.3, -0.25) is 4.79 Å². The molecule has 0 saturated heterocycles. The molecule has 152 valence electrons. The molecule has 9 heteroatoms. The summed E-state index contributed by atoms with van der Waals surface area (Å²) < 4.78 is 18.3. The molecule has 1 amide bonds. The molecule has 7 nitrogen and oxygen atoms in total. The van der Waals surface area contributed by atoms with Crippen molar-refractivity contribution in [1.29, 1.82) is 0 Å². The molecule has 0 spiro atoms. The van der Waals surface area contributed by atoms with E-state index in [1.807, 2.05) is 41.8 Å². The lowest BCUT2D eigenvalue weighted by atomic mass is 10.2. The highest BCUT2D eigenvalue weighted by Crippen LogP contribution is 2.23. The molecule has 2 heterocycles. The Morgan fingerprint density at radius 3 is 2.57 bits per heavy atom. The first-order valence-electron chi connectivity index (χ1n) is 9.13. The van der Waals surface area contributed by atoms with Gasteiger partial charge in [-0.25, -0.2) is 4.39 Å². The van der Waals surface area contributed by atoms with Gasteiger partial charge in [0.25, 0.3) is 5.91 Å². The summed E-state index contributed by atoms with van der Waals surface area (Å²) in [6, 6.07) is 17.0. The fraction of sp³-hybridized carbons (Fsp3) is 0.143. The Kier molecular flexibility index (Phi) is 5.80. The van der Waals surface area contributed by atoms with Crippen LogP contribution in [0.3, 0.4) is 0 Å². The van der Waals surface area contributed by atoms with E-state index in [1.54, 1.807) is 35.5 Å². The maximum absolute atomic E-state index is 13.1. The molecule has 0 bridgehead atoms. The molecule has 0 aliphatic heterocycles. The Bertz CT molecular complexity index is 1110. The number of methoxy groups -OCH3 is 1. The SMILES string of the molecule is COc1ccc(N(Cc2cccs2)C(=O)Cn2nnc(-c3ccc(F)cc3)n2)cc1. The fourth-order valence-electron chi connectivity index (χ4n) is 2.88. The normalized spacial score (nSPS) is 10.7. The van der Waals surface area contributed by atoms with Crippen molar-refractivity contribution in [1.82, 2.24) is 20.2 Å². The number of hydrogen-bond donors (Lipinski definition) is 0. The van der Waals surface area contributed by atoms with Crippen molar-refractivity contribution in [3.8, 4) is 17.1 Å². The van der Waals surface area contributed by atoms with E-state index in [2.05, 4.69) is 15.4 Å². The molecule has 0 fully saturated rings. The highest BCUT2D eigenvalue weighted by molar-refractivity contribution is 7.09. The zero-order chi connectivity index (χ0) is 20.9. The number of halogens is 1. The van der Waals surface area contributed by atoms with Crippen molar-refractivity contribution < 1.29 is 13.9 Å². The van der Waals surface area contributed by atoms with E-state index < -0.39 is 0 Å². The van der Waals surface area contributed by atoms with Crippen LogP contribution in [-0.4, -0.2) is 33.2 Å². The number of thiophene rings is 1. The van der Waals surface area contributed by atoms with Gasteiger partial charge in [-0.2, -0.15) is 4.80 Å². The first-order valence-corrected chi connectivity index (χ1v) is 10.0. The molecule has 0 aliphatic rings. The van der Waals surface area contributed by atoms with E-state index in [-0.39, 0.29) is 18.3 Å². The minimum atomic E-state index is -0.343. The van der Waals surface area contributed by atoms with Crippen molar-refractivity contribution in [3.63, 3.8) is 0 Å². The molecule has 0 atom stereocenters. The van der Waals surface area contributed by atoms with Gasteiger partial charge >= 0.3 is 0 Å². The highest BCUT2D eigenvalue weighted by atomic mass is 32.1. The fourth-order valence-corrected chi connectivity index (χ4v) is 3.57. The summed E-state index contributed by atoms with van der Waals surface area (Å²) >= 11 is 1.58. The molecule has 0 aliphatic carbocycles. The molecule has 30 heavy (non-hydrogen) atoms. The number of hydrogen-bond acceptors (Lipinski definition) is 6. The lowest BCUT2D eigenvalue weighted by Crippen LogP contribution is -2.33. The van der Waals surface area contributed by atoms with Gasteiger partial charge in [-0.1, -0.05) is 6.07 Å². The molecular formula is C21H18FN5O2S. The number of anilines is 1. The van der Waals surface area contributed by atoms with Crippen LogP contribution in [0, 0.1) is 5.82 Å². The number of ether oxygens (including phenoxy) is 1. The van der Waals surface area contributed by atoms with Crippen LogP contribution in [0.2, 0.25) is 0 Å². The molecule has 2 aromatic carbocycles. The van der Waals surface area contributed by atoms with E-state index in [4.69, 9.17) is 4.74 Å². The van der Waals surface area contributed by atoms with E-state index in [1.165, 1.54) is 16.9 Å². The van der Waals surface area contributed by atoms with Gasteiger partial charge in [-0.15, -0.1) is 21.5 Å². The molecular weight excluding hydrogens is 405 g/mol. The number of nitrogens with zero attached hydrogens (tertiary/aromatic N) is 5. The molecule has 4 aromatic rings. The van der Waals surface area contributed by atoms with E-state index in [0.29, 0.717) is 23.7 Å². The smallest absolute Gasteiger partial charge is 0.250 e. The van der Waals surface area contributed by atoms with E-state index in [9.17, 15) is 9.18 Å². The van der Waals surface area contributed by atoms with Crippen molar-refractivity contribution >= 4 is 22.9 Å². The van der Waals surface area contributed by atoms with Gasteiger partial charge < -0.3 is 9.64 Å². The van der Waals surface area contributed by atoms with Gasteiger partial charge in [0.1, 0.15) is 18.1 Å². The van der Waals surface area contributed by atoms with Gasteiger partial charge in [0.2, 0.25) is 5.82 Å². The second-order valence-electron chi connectivity index (χ2n) is 6.41. The number of rotatable bonds is 7. The second-order valence-corrected chi connectivity index (χ2v) is 7.44. The predicted molar refractivity (Wildman–Crippen MR) is 112 cm³/mol. The van der Waals surface area contributed by atoms with Gasteiger partial charge in [-0.05, 0) is 65.2 Å². The van der Waals surface area contributed by atoms with Crippen LogP contribution in [-0.2, 0) is 17.9 Å². The Morgan fingerprint density at radius 2 is 1.90 bits per heavy atom. The zero-order valence-corrected chi connectivity index (χ0v) is 16.9. The third-order valence-electron chi connectivity index (χ3n) is 4.41. The van der Waals surface area contributed by atoms with Crippen LogP contribution >= 0.6 is 11.3 Å². The first kappa shape index (κ1) is 19.7. The van der Waals surface area contributed by atoms with E-state index >= 15 is 0 Å². The summed E-state index contributed by atoms with van der Waals surface area (Å²) in [6.45, 7) is 0.355. The standard InChI is InChI=1S/C21H18FN5O2S/c1-29-18-10-8-17(9-11-18)26(13-19-3-2-12-30-19)20(28)14-27-24-21(23-25-27)15-4-6-16(22)7-5-15/h2-12H,13-14H2,1H3. The van der Waals surface area contributed by atoms with Crippen LogP contribution in [0.25, 0.3) is 11.4 Å². The second kappa shape index (κ2) is 8.83. The topological polar surface area (TPSA) is 73.1 Å². The lowest BCUT2D eigenvalue weighted by molar-refractivity contribution is -0.119. The average molecular weight is 423 g/mol. The Labute approximate surface area is 176 Å². The van der Waals surface area contributed by atoms with Crippen molar-refractivity contribution in [2.75, 3.05) is 12.0 Å². The minimum Gasteiger partial charge on any atom is -0.497 e. The number of aromatic nitrogens is 4. The summed E-state index contributed by atoms with van der Waals surface area (Å²) in [5.41, 5.74) is 1.37. The van der Waals surface area contributed by atoms with Crippen LogP contribution in [0.1, 0.15) is 4.88 Å². The number of carbonyl (C=O) groups excluding carboxylic acids is 1. The van der Waals surface area contributed by atoms with Crippen LogP contribution < -0.4 is 9.64 Å². The largest absolute Gasteiger partial charge is 0.497 e. The summed E-state index contributed by atoms with van der Waals surface area (Å²) in [5, 5.41) is 14.2. The third kappa shape index (κ3) is 4.52. The monoisotopic (exact) mass is 423 g/mol. The Morgan fingerprint density at radius 1 is 1.13 bits per heavy atom. The van der Waals surface area contributed by atoms with Crippen molar-refractivity contribution in [3.05, 3.63) is 76.7 Å². The van der Waals surface area contributed by atoms with Gasteiger partial charge in [0.15, 0.2) is 0 Å². The van der Waals surface area contributed by atoms with Gasteiger partial charge in [0, 0.05) is 16.1 Å². The quantitative estimate of drug-likeness (QED) is 0.452. The van der Waals surface area contributed by atoms with E-state index in [0.717, 1.165) is 10.6 Å². The van der Waals surface area contributed by atoms with Crippen LogP contribution in [0.15, 0.2) is 66.0 Å². The maximum atomic E-state index is 13.1. The first-order chi connectivity index (χ1) is 14.6. The molecule has 4 rings (SSSR count). The van der Waals surface area contributed by atoms with Crippen molar-refractivity contribution in [2.24, 2.45) is 0 Å². The molecule has 0 radical (unpaired) electrons. The summed E-state index contributed by atoms with van der Waals surface area (Å²) in [6.07, 6.45) is 0. The molecule has 0 unspecified atom stereocenters. The van der Waals surface area contributed by atoms with Crippen LogP contribution in [0.5, 0.6) is 5.75 Å². The zero-order valence-electron chi connectivity index (χ0n) is 16.1. The van der Waals surface area contributed by atoms with Crippen LogP contribution in [0.4, 0.5) is 10.1 Å². The Balaban J connectivity index is 1.54. The number of tetrazole rings is 1. The maximum Gasteiger partial charge on any atom is 0.250 e. The number of benzene rings is 2. The van der Waals surface area contributed by atoms with Gasteiger partial charge in [0.05, 0.1) is 13.7 Å². The Hall–Kier alpha value is -3.59. The average Bonchev–Trinajstić information content (AvgIpc) is 3.45. The highest BCUT2D eigenvalue weighted by Gasteiger charge is 2.19. The summed E-state index contributed by atoms with van der Waals surface area (Å²) in [4.78, 5) is 17.1. The molecule has 2 aromatic heterocycles. The minimum absolute atomic E-state index is 0.0778. The number of amides is 1. The predicted octanol–water partition coefficient (Wildman–Crippen LogP) is 3.78. The number of carbonyl (C=O) groups is 1. The summed E-state index contributed by atoms with van der Waals surface area (Å²) in [7, 11) is 1.60. The third-order valence-corrected chi connectivity index (χ3v) is 5.27. The molecule has 0 saturated carbocycles. The summed E-state index contributed by atoms with van der Waals surface area (Å²) in [5.74, 6) is 0.517. The lowest BCUT2D eigenvalue weighted by Gasteiger charge is -2.22.